The lowest BCUT2D eigenvalue weighted by Crippen LogP contribution is -2.64. The quantitative estimate of drug-likeness (QED) is 0.173. The van der Waals surface area contributed by atoms with E-state index in [-0.39, 0.29) is 0 Å². The zero-order valence-electron chi connectivity index (χ0n) is 21.5. The summed E-state index contributed by atoms with van der Waals surface area (Å²) < 4.78 is 281. The van der Waals surface area contributed by atoms with Gasteiger partial charge in [-0.3, -0.25) is 14.3 Å². The zero-order valence-corrected chi connectivity index (χ0v) is 21.5. The second kappa shape index (κ2) is 13.8. The van der Waals surface area contributed by atoms with Gasteiger partial charge < -0.3 is 20.1 Å². The summed E-state index contributed by atoms with van der Waals surface area (Å²) in [6.45, 7) is -6.28. The summed E-state index contributed by atoms with van der Waals surface area (Å²) >= 11 is 0. The average Bonchev–Trinajstić information content (AvgIpc) is 2.78. The molecule has 0 aliphatic rings. The third kappa shape index (κ3) is 10.2. The third-order valence-electron chi connectivity index (χ3n) is 4.74. The van der Waals surface area contributed by atoms with Gasteiger partial charge in [-0.2, -0.15) is 92.2 Å². The number of rotatable bonds is 15. The van der Waals surface area contributed by atoms with E-state index in [1.807, 2.05) is 4.74 Å². The van der Waals surface area contributed by atoms with Gasteiger partial charge in [-0.1, -0.05) is 0 Å². The van der Waals surface area contributed by atoms with Crippen LogP contribution in [0.1, 0.15) is 6.92 Å². The van der Waals surface area contributed by atoms with Gasteiger partial charge in [-0.25, -0.2) is 0 Å². The van der Waals surface area contributed by atoms with E-state index in [1.165, 1.54) is 0 Å². The molecule has 0 saturated heterocycles. The number of hydrogen-bond donors (Lipinski definition) is 2. The molecule has 28 heteroatoms. The van der Waals surface area contributed by atoms with Crippen molar-refractivity contribution in [2.24, 2.45) is 0 Å². The Hall–Kier alpha value is -2.65. The Bertz CT molecular complexity index is 1030. The fourth-order valence-corrected chi connectivity index (χ4v) is 2.51. The summed E-state index contributed by atoms with van der Waals surface area (Å²) in [5.74, 6) is -32.7. The van der Waals surface area contributed by atoms with E-state index < -0.39 is 112 Å². The number of carbonyl (C=O) groups excluding carboxylic acids is 2. The number of hydrogen-bond acceptors (Lipinski definition) is 5. The van der Waals surface area contributed by atoms with Gasteiger partial charge in [0.25, 0.3) is 11.8 Å². The average molecular weight is 738 g/mol. The Morgan fingerprint density at radius 1 is 0.630 bits per heavy atom. The molecule has 2 N–H and O–H groups in total. The van der Waals surface area contributed by atoms with Gasteiger partial charge in [0.05, 0.1) is 13.2 Å². The molecule has 0 saturated carbocycles. The first kappa shape index (κ1) is 43.4. The Kier molecular flexibility index (Phi) is 13.0. The Balaban J connectivity index is 5.43. The number of carbonyl (C=O) groups is 2. The van der Waals surface area contributed by atoms with Crippen LogP contribution in [0.5, 0.6) is 0 Å². The Morgan fingerprint density at radius 2 is 1.07 bits per heavy atom. The lowest BCUT2D eigenvalue weighted by Gasteiger charge is -2.37. The van der Waals surface area contributed by atoms with Crippen LogP contribution >= 0.6 is 0 Å². The molecule has 3 atom stereocenters. The first-order valence-electron chi connectivity index (χ1n) is 10.9. The highest BCUT2D eigenvalue weighted by atomic mass is 19.4. The predicted molar refractivity (Wildman–Crippen MR) is 100 cm³/mol. The normalized spacial score (nSPS) is 17.3. The fraction of sp³-hybridized carbons (Fsp3) is 0.889. The summed E-state index contributed by atoms with van der Waals surface area (Å²) in [5, 5.41) is 1.77. The van der Waals surface area contributed by atoms with Gasteiger partial charge in [0.1, 0.15) is 0 Å². The molecule has 7 nitrogen and oxygen atoms in total. The number of halogens is 21. The van der Waals surface area contributed by atoms with E-state index in [0.717, 1.165) is 10.6 Å². The number of amides is 2. The molecule has 0 aliphatic carbocycles. The first-order chi connectivity index (χ1) is 20.0. The molecule has 0 aromatic carbocycles. The van der Waals surface area contributed by atoms with E-state index >= 15 is 0 Å². The minimum Gasteiger partial charge on any atom is -0.378 e. The number of alkyl halides is 21. The van der Waals surface area contributed by atoms with Gasteiger partial charge in [0.15, 0.2) is 0 Å². The third-order valence-corrected chi connectivity index (χ3v) is 4.74. The minimum absolute atomic E-state index is 0.781. The molecule has 0 bridgehead atoms. The van der Waals surface area contributed by atoms with E-state index in [0.29, 0.717) is 0 Å². The highest BCUT2D eigenvalue weighted by Crippen LogP contribution is 2.52. The van der Waals surface area contributed by atoms with Crippen molar-refractivity contribution in [1.29, 1.82) is 0 Å². The van der Waals surface area contributed by atoms with E-state index in [4.69, 9.17) is 0 Å². The van der Waals surface area contributed by atoms with E-state index in [2.05, 4.69) is 9.47 Å². The van der Waals surface area contributed by atoms with Gasteiger partial charge in [-0.15, -0.1) is 0 Å². The van der Waals surface area contributed by atoms with Gasteiger partial charge in [-0.05, 0) is 0 Å². The van der Waals surface area contributed by atoms with Crippen LogP contribution in [-0.2, 0) is 23.8 Å². The van der Waals surface area contributed by atoms with Crippen LogP contribution in [0.15, 0.2) is 0 Å². The minimum atomic E-state index is -7.14. The van der Waals surface area contributed by atoms with Crippen molar-refractivity contribution >= 4 is 11.8 Å². The summed E-state index contributed by atoms with van der Waals surface area (Å²) in [6, 6.07) is 0. The largest absolute Gasteiger partial charge is 0.483 e. The molecular weight excluding hydrogens is 723 g/mol. The van der Waals surface area contributed by atoms with Crippen molar-refractivity contribution in [3.63, 3.8) is 0 Å². The molecule has 274 valence electrons. The van der Waals surface area contributed by atoms with Crippen LogP contribution in [-0.4, -0.2) is 105 Å². The maximum absolute atomic E-state index is 13.8. The molecule has 0 heterocycles. The van der Waals surface area contributed by atoms with Crippen LogP contribution in [0.25, 0.3) is 0 Å². The molecule has 0 radical (unpaired) electrons. The molecule has 2 amide bonds. The van der Waals surface area contributed by atoms with Crippen LogP contribution in [0.4, 0.5) is 92.2 Å². The van der Waals surface area contributed by atoms with E-state index in [1.54, 1.807) is 0 Å². The molecular formula is C18H15F21N2O5. The maximum Gasteiger partial charge on any atom is 0.483 e. The molecule has 3 unspecified atom stereocenters. The second-order valence-corrected chi connectivity index (χ2v) is 8.43. The SMILES string of the molecule is CC(F)(F)C(F)(F)C(F)(F)C(OC(C(=O)NCCOCCNC(=O)C(F)(OC(F)(F)C(F)(F)F)C(F)(F)F)C(F)(F)F)C(F)(F)F. The van der Waals surface area contributed by atoms with Crippen molar-refractivity contribution in [1.82, 2.24) is 10.6 Å². The van der Waals surface area contributed by atoms with E-state index in [9.17, 15) is 102 Å². The van der Waals surface area contributed by atoms with Gasteiger partial charge in [0.2, 0.25) is 12.2 Å². The Morgan fingerprint density at radius 3 is 1.41 bits per heavy atom. The first-order valence-corrected chi connectivity index (χ1v) is 10.9. The van der Waals surface area contributed by atoms with Crippen molar-refractivity contribution in [3.05, 3.63) is 0 Å². The smallest absolute Gasteiger partial charge is 0.378 e. The number of ether oxygens (including phenoxy) is 3. The van der Waals surface area contributed by atoms with Crippen molar-refractivity contribution < 1.29 is 116 Å². The second-order valence-electron chi connectivity index (χ2n) is 8.43. The predicted octanol–water partition coefficient (Wildman–Crippen LogP) is 5.44. The lowest BCUT2D eigenvalue weighted by atomic mass is 9.99. The molecule has 0 aromatic heterocycles. The molecule has 46 heavy (non-hydrogen) atoms. The maximum atomic E-state index is 13.8. The molecule has 0 aliphatic heterocycles. The van der Waals surface area contributed by atoms with Crippen LogP contribution < -0.4 is 10.6 Å². The molecule has 0 rings (SSSR count). The molecule has 0 aromatic rings. The van der Waals surface area contributed by atoms with Crippen molar-refractivity contribution in [2.75, 3.05) is 26.3 Å². The van der Waals surface area contributed by atoms with Crippen molar-refractivity contribution in [2.45, 2.75) is 73.6 Å². The Labute approximate surface area is 239 Å². The standard InChI is InChI=1S/C18H15F21N2O5/c1-10(19,20)15(30,31)11(21,22)8(14(27,28)29)45-6(13(24,25)26)7(42)40-2-4-44-5-3-41-9(43)12(23,16(32,33)34)46-18(38,39)17(35,36)37/h6,8H,2-5H2,1H3,(H,40,42)(H,41,43). The van der Waals surface area contributed by atoms with Crippen molar-refractivity contribution in [3.8, 4) is 0 Å². The number of nitrogens with one attached hydrogen (secondary N) is 2. The lowest BCUT2D eigenvalue weighted by molar-refractivity contribution is -0.458. The highest BCUT2D eigenvalue weighted by Gasteiger charge is 2.78. The van der Waals surface area contributed by atoms with Crippen LogP contribution in [0.3, 0.4) is 0 Å². The highest BCUT2D eigenvalue weighted by molar-refractivity contribution is 5.84. The monoisotopic (exact) mass is 738 g/mol. The summed E-state index contributed by atoms with van der Waals surface area (Å²) in [4.78, 5) is 23.0. The van der Waals surface area contributed by atoms with Crippen LogP contribution in [0, 0.1) is 0 Å². The summed E-state index contributed by atoms with van der Waals surface area (Å²) in [7, 11) is 0. The van der Waals surface area contributed by atoms with Crippen LogP contribution in [0.2, 0.25) is 0 Å². The molecule has 0 spiro atoms. The van der Waals surface area contributed by atoms with Gasteiger partial charge in [0, 0.05) is 20.0 Å². The molecule has 0 fully saturated rings. The summed E-state index contributed by atoms with van der Waals surface area (Å²) in [5.41, 5.74) is 0. The van der Waals surface area contributed by atoms with Gasteiger partial charge >= 0.3 is 54.4 Å². The zero-order chi connectivity index (χ0) is 37.2. The summed E-state index contributed by atoms with van der Waals surface area (Å²) in [6.07, 6.45) is -44.5. The fourth-order valence-electron chi connectivity index (χ4n) is 2.51. The topological polar surface area (TPSA) is 85.9 Å².